The van der Waals surface area contributed by atoms with E-state index in [-0.39, 0.29) is 5.82 Å². The Morgan fingerprint density at radius 1 is 0.938 bits per heavy atom. The molecule has 0 bridgehead atoms. The van der Waals surface area contributed by atoms with Crippen LogP contribution in [0, 0.1) is 5.82 Å². The number of fused-ring (bicyclic) bond motifs is 1. The van der Waals surface area contributed by atoms with E-state index in [2.05, 4.69) is 25.3 Å². The maximum absolute atomic E-state index is 13.3. The van der Waals surface area contributed by atoms with Crippen LogP contribution in [0.5, 0.6) is 5.75 Å². The van der Waals surface area contributed by atoms with Gasteiger partial charge in [-0.15, -0.1) is 0 Å². The molecule has 0 spiro atoms. The maximum atomic E-state index is 13.3. The minimum absolute atomic E-state index is 0.347. The minimum atomic E-state index is -4.61. The smallest absolute Gasteiger partial charge is 0.451 e. The van der Waals surface area contributed by atoms with Gasteiger partial charge >= 0.3 is 6.18 Å². The van der Waals surface area contributed by atoms with Crippen molar-refractivity contribution >= 4 is 16.7 Å². The number of hydrogen-bond donors (Lipinski definition) is 1. The Balaban J connectivity index is 1.72. The Bertz CT molecular complexity index is 1240. The molecule has 6 nitrogen and oxygen atoms in total. The lowest BCUT2D eigenvalue weighted by atomic mass is 10.0. The van der Waals surface area contributed by atoms with Crippen LogP contribution >= 0.6 is 0 Å². The van der Waals surface area contributed by atoms with Gasteiger partial charge in [-0.1, -0.05) is 12.1 Å². The number of hydrogen-bond acceptors (Lipinski definition) is 6. The van der Waals surface area contributed by atoms with Gasteiger partial charge in [-0.2, -0.15) is 13.2 Å². The predicted molar refractivity (Wildman–Crippen MR) is 111 cm³/mol. The summed E-state index contributed by atoms with van der Waals surface area (Å²) >= 11 is 0. The van der Waals surface area contributed by atoms with Gasteiger partial charge in [-0.05, 0) is 42.3 Å². The van der Waals surface area contributed by atoms with Crippen molar-refractivity contribution in [3.8, 4) is 16.9 Å². The summed E-state index contributed by atoms with van der Waals surface area (Å²) in [6.45, 7) is 1.75. The molecule has 32 heavy (non-hydrogen) atoms. The molecule has 0 saturated carbocycles. The molecular weight excluding hydrogens is 426 g/mol. The Hall–Kier alpha value is -3.82. The molecule has 0 saturated heterocycles. The second-order valence-electron chi connectivity index (χ2n) is 7.01. The van der Waals surface area contributed by atoms with E-state index in [0.29, 0.717) is 28.0 Å². The van der Waals surface area contributed by atoms with Crippen molar-refractivity contribution in [3.63, 3.8) is 0 Å². The Morgan fingerprint density at radius 3 is 2.25 bits per heavy atom. The number of alkyl halides is 3. The first-order valence-corrected chi connectivity index (χ1v) is 9.50. The number of aromatic nitrogens is 4. The first-order chi connectivity index (χ1) is 15.3. The van der Waals surface area contributed by atoms with Crippen LogP contribution in [0.25, 0.3) is 22.0 Å². The molecule has 10 heteroatoms. The summed E-state index contributed by atoms with van der Waals surface area (Å²) in [5.74, 6) is -0.600. The number of halogens is 4. The molecule has 1 atom stereocenters. The van der Waals surface area contributed by atoms with Crippen LogP contribution < -0.4 is 10.1 Å². The van der Waals surface area contributed by atoms with Gasteiger partial charge in [0.05, 0.1) is 13.2 Å². The number of rotatable bonds is 5. The first-order valence-electron chi connectivity index (χ1n) is 9.50. The highest BCUT2D eigenvalue weighted by Gasteiger charge is 2.34. The number of methoxy groups -OCH3 is 1. The van der Waals surface area contributed by atoms with Gasteiger partial charge in [-0.3, -0.25) is 0 Å². The van der Waals surface area contributed by atoms with Crippen LogP contribution in [0.3, 0.4) is 0 Å². The van der Waals surface area contributed by atoms with Crippen molar-refractivity contribution in [1.29, 1.82) is 0 Å². The topological polar surface area (TPSA) is 72.8 Å². The normalized spacial score (nSPS) is 12.6. The molecule has 0 aliphatic rings. The third kappa shape index (κ3) is 4.29. The van der Waals surface area contributed by atoms with E-state index in [1.54, 1.807) is 25.1 Å². The van der Waals surface area contributed by atoms with E-state index in [9.17, 15) is 17.6 Å². The monoisotopic (exact) mass is 443 g/mol. The standard InChI is InChI=1S/C22H17F4N5O/c1-12(15-9-27-21(28-10-15)22(24,25)26)31-20-17-7-14(13-3-5-16(23)6-4-13)8-18(32-2)19(17)29-11-30-20/h3-12H,1-2H3,(H,29,30,31)/t12-/m1/s1. The van der Waals surface area contributed by atoms with Crippen LogP contribution in [0.4, 0.5) is 23.4 Å². The van der Waals surface area contributed by atoms with Crippen molar-refractivity contribution in [3.05, 3.63) is 72.3 Å². The molecule has 1 N–H and O–H groups in total. The fourth-order valence-corrected chi connectivity index (χ4v) is 3.21. The molecule has 164 valence electrons. The van der Waals surface area contributed by atoms with Crippen molar-refractivity contribution in [2.24, 2.45) is 0 Å². The molecule has 0 radical (unpaired) electrons. The van der Waals surface area contributed by atoms with Gasteiger partial charge in [0, 0.05) is 23.3 Å². The van der Waals surface area contributed by atoms with Gasteiger partial charge in [0.15, 0.2) is 0 Å². The van der Waals surface area contributed by atoms with Crippen LogP contribution in [-0.4, -0.2) is 27.0 Å². The fraction of sp³-hybridized carbons (Fsp3) is 0.182. The molecule has 0 aliphatic heterocycles. The second kappa shape index (κ2) is 8.37. The molecule has 0 amide bonds. The molecule has 2 aromatic carbocycles. The van der Waals surface area contributed by atoms with E-state index in [1.165, 1.54) is 25.6 Å². The number of nitrogens with one attached hydrogen (secondary N) is 1. The van der Waals surface area contributed by atoms with Crippen molar-refractivity contribution in [1.82, 2.24) is 19.9 Å². The molecular formula is C22H17F4N5O. The third-order valence-corrected chi connectivity index (χ3v) is 4.88. The van der Waals surface area contributed by atoms with E-state index in [4.69, 9.17) is 4.74 Å². The lowest BCUT2D eigenvalue weighted by molar-refractivity contribution is -0.145. The molecule has 2 aromatic heterocycles. The van der Waals surface area contributed by atoms with Gasteiger partial charge in [-0.25, -0.2) is 24.3 Å². The maximum Gasteiger partial charge on any atom is 0.451 e. The van der Waals surface area contributed by atoms with Crippen LogP contribution in [0.2, 0.25) is 0 Å². The summed E-state index contributed by atoms with van der Waals surface area (Å²) in [5.41, 5.74) is 2.53. The second-order valence-corrected chi connectivity index (χ2v) is 7.01. The number of benzene rings is 2. The molecule has 0 unspecified atom stereocenters. The summed E-state index contributed by atoms with van der Waals surface area (Å²) in [4.78, 5) is 15.4. The summed E-state index contributed by atoms with van der Waals surface area (Å²) in [6, 6.07) is 9.20. The van der Waals surface area contributed by atoms with E-state index >= 15 is 0 Å². The average Bonchev–Trinajstić information content (AvgIpc) is 2.78. The Morgan fingerprint density at radius 2 is 1.62 bits per heavy atom. The molecule has 4 aromatic rings. The number of ether oxygens (including phenoxy) is 1. The lowest BCUT2D eigenvalue weighted by Crippen LogP contribution is -2.14. The zero-order chi connectivity index (χ0) is 22.9. The van der Waals surface area contributed by atoms with E-state index in [1.807, 2.05) is 6.07 Å². The van der Waals surface area contributed by atoms with E-state index < -0.39 is 18.0 Å². The lowest BCUT2D eigenvalue weighted by Gasteiger charge is -2.17. The van der Waals surface area contributed by atoms with Gasteiger partial charge in [0.2, 0.25) is 5.82 Å². The SMILES string of the molecule is COc1cc(-c2ccc(F)cc2)cc2c(N[C@H](C)c3cnc(C(F)(F)F)nc3)ncnc12. The highest BCUT2D eigenvalue weighted by Crippen LogP contribution is 2.35. The highest BCUT2D eigenvalue weighted by atomic mass is 19.4. The minimum Gasteiger partial charge on any atom is -0.494 e. The van der Waals surface area contributed by atoms with Gasteiger partial charge < -0.3 is 10.1 Å². The third-order valence-electron chi connectivity index (χ3n) is 4.88. The summed E-state index contributed by atoms with van der Waals surface area (Å²) < 4.78 is 57.0. The Kier molecular flexibility index (Phi) is 5.60. The van der Waals surface area contributed by atoms with Crippen LogP contribution in [0.15, 0.2) is 55.1 Å². The molecule has 4 rings (SSSR count). The van der Waals surface area contributed by atoms with Crippen LogP contribution in [0.1, 0.15) is 24.4 Å². The average molecular weight is 443 g/mol. The predicted octanol–water partition coefficient (Wildman–Crippen LogP) is 5.43. The summed E-state index contributed by atoms with van der Waals surface area (Å²) in [7, 11) is 1.51. The van der Waals surface area contributed by atoms with Crippen molar-refractivity contribution < 1.29 is 22.3 Å². The van der Waals surface area contributed by atoms with Crippen LogP contribution in [-0.2, 0) is 6.18 Å². The van der Waals surface area contributed by atoms with E-state index in [0.717, 1.165) is 23.5 Å². The molecule has 0 fully saturated rings. The zero-order valence-electron chi connectivity index (χ0n) is 17.0. The van der Waals surface area contributed by atoms with Gasteiger partial charge in [0.1, 0.15) is 29.2 Å². The number of nitrogens with zero attached hydrogens (tertiary/aromatic N) is 4. The zero-order valence-corrected chi connectivity index (χ0v) is 17.0. The van der Waals surface area contributed by atoms with Crippen molar-refractivity contribution in [2.75, 3.05) is 12.4 Å². The molecule has 0 aliphatic carbocycles. The highest BCUT2D eigenvalue weighted by molar-refractivity contribution is 5.96. The first kappa shape index (κ1) is 21.4. The summed E-state index contributed by atoms with van der Waals surface area (Å²) in [6.07, 6.45) is -0.991. The summed E-state index contributed by atoms with van der Waals surface area (Å²) in [5, 5.41) is 3.80. The van der Waals surface area contributed by atoms with Gasteiger partial charge in [0.25, 0.3) is 0 Å². The fourth-order valence-electron chi connectivity index (χ4n) is 3.21. The number of anilines is 1. The Labute approximate surface area is 180 Å². The van der Waals surface area contributed by atoms with Crippen molar-refractivity contribution in [2.45, 2.75) is 19.1 Å². The largest absolute Gasteiger partial charge is 0.494 e. The quantitative estimate of drug-likeness (QED) is 0.415. The molecule has 2 heterocycles.